The molecule has 2 N–H and O–H groups in total. The van der Waals surface area contributed by atoms with Crippen LogP contribution in [0.5, 0.6) is 5.75 Å². The van der Waals surface area contributed by atoms with Crippen molar-refractivity contribution in [3.05, 3.63) is 63.3 Å². The molecular formula is C21H28FN3O3. The zero-order valence-electron chi connectivity index (χ0n) is 16.4. The van der Waals surface area contributed by atoms with Gasteiger partial charge >= 0.3 is 0 Å². The summed E-state index contributed by atoms with van der Waals surface area (Å²) in [5.41, 5.74) is 1.38. The number of rotatable bonds is 6. The van der Waals surface area contributed by atoms with Gasteiger partial charge in [0.1, 0.15) is 11.6 Å². The predicted octanol–water partition coefficient (Wildman–Crippen LogP) is 1.72. The van der Waals surface area contributed by atoms with Crippen LogP contribution in [0.1, 0.15) is 29.8 Å². The summed E-state index contributed by atoms with van der Waals surface area (Å²) < 4.78 is 15.6. The molecule has 1 aliphatic rings. The number of aromatic nitrogens is 1. The molecule has 0 bridgehead atoms. The lowest BCUT2D eigenvalue weighted by Gasteiger charge is -2.39. The molecule has 7 heteroatoms. The summed E-state index contributed by atoms with van der Waals surface area (Å²) in [6.07, 6.45) is 0. The van der Waals surface area contributed by atoms with Gasteiger partial charge in [-0.25, -0.2) is 4.39 Å². The minimum atomic E-state index is -0.530. The van der Waals surface area contributed by atoms with Gasteiger partial charge in [-0.2, -0.15) is 0 Å². The first-order chi connectivity index (χ1) is 13.5. The number of aromatic hydroxyl groups is 1. The number of β-amino-alcohol motifs (C(OH)–C–C–N with tert-alkyl or cyclic N) is 1. The van der Waals surface area contributed by atoms with Gasteiger partial charge in [0.15, 0.2) is 0 Å². The third kappa shape index (κ3) is 4.11. The molecule has 0 amide bonds. The fraction of sp³-hybridized carbons (Fsp3) is 0.476. The number of aliphatic hydroxyl groups is 1. The van der Waals surface area contributed by atoms with Crippen LogP contribution in [0.2, 0.25) is 0 Å². The highest BCUT2D eigenvalue weighted by molar-refractivity contribution is 5.41. The molecule has 1 aromatic carbocycles. The van der Waals surface area contributed by atoms with Crippen LogP contribution in [0.25, 0.3) is 0 Å². The number of piperazine rings is 1. The van der Waals surface area contributed by atoms with Crippen LogP contribution in [0.4, 0.5) is 4.39 Å². The lowest BCUT2D eigenvalue weighted by molar-refractivity contribution is 0.0931. The molecule has 2 aromatic rings. The summed E-state index contributed by atoms with van der Waals surface area (Å²) in [7, 11) is 0. The summed E-state index contributed by atoms with van der Waals surface area (Å²) >= 11 is 0. The second-order valence-electron chi connectivity index (χ2n) is 7.19. The van der Waals surface area contributed by atoms with Gasteiger partial charge in [-0.3, -0.25) is 14.6 Å². The molecule has 1 atom stereocenters. The summed E-state index contributed by atoms with van der Waals surface area (Å²) in [6.45, 7) is 7.67. The van der Waals surface area contributed by atoms with E-state index in [2.05, 4.69) is 9.80 Å². The monoisotopic (exact) mass is 389 g/mol. The number of nitrogens with zero attached hydrogens (tertiary/aromatic N) is 3. The third-order valence-corrected chi connectivity index (χ3v) is 5.47. The number of pyridine rings is 1. The van der Waals surface area contributed by atoms with Crippen molar-refractivity contribution in [1.82, 2.24) is 14.4 Å². The predicted molar refractivity (Wildman–Crippen MR) is 106 cm³/mol. The largest absolute Gasteiger partial charge is 0.507 e. The van der Waals surface area contributed by atoms with Crippen LogP contribution in [0.15, 0.2) is 35.1 Å². The molecule has 3 rings (SSSR count). The van der Waals surface area contributed by atoms with E-state index in [0.717, 1.165) is 13.1 Å². The van der Waals surface area contributed by atoms with Gasteiger partial charge in [-0.1, -0.05) is 12.1 Å². The Bertz CT molecular complexity index is 876. The van der Waals surface area contributed by atoms with Crippen LogP contribution in [-0.4, -0.2) is 63.9 Å². The molecule has 0 unspecified atom stereocenters. The standard InChI is InChI=1S/C21H28FN3O3/c1-3-25-15(2)13-18(27)19(21(25)28)20(16-5-4-6-17(22)14-16)24-9-7-23(8-10-24)11-12-26/h4-6,13-14,20,26-27H,3,7-12H2,1-2H3/t20-/m1/s1. The van der Waals surface area contributed by atoms with Crippen LogP contribution < -0.4 is 5.56 Å². The van der Waals surface area contributed by atoms with Crippen molar-refractivity contribution < 1.29 is 14.6 Å². The summed E-state index contributed by atoms with van der Waals surface area (Å²) in [4.78, 5) is 17.4. The molecule has 1 aromatic heterocycles. The fourth-order valence-electron chi connectivity index (χ4n) is 4.04. The molecule has 28 heavy (non-hydrogen) atoms. The number of halogens is 1. The van der Waals surface area contributed by atoms with E-state index in [1.165, 1.54) is 12.1 Å². The summed E-state index contributed by atoms with van der Waals surface area (Å²) in [6, 6.07) is 7.30. The van der Waals surface area contributed by atoms with E-state index in [1.807, 2.05) is 6.92 Å². The average Bonchev–Trinajstić information content (AvgIpc) is 2.66. The molecule has 0 spiro atoms. The Morgan fingerprint density at radius 2 is 1.89 bits per heavy atom. The Hall–Kier alpha value is -2.22. The molecule has 1 fully saturated rings. The zero-order chi connectivity index (χ0) is 20.3. The highest BCUT2D eigenvalue weighted by Crippen LogP contribution is 2.33. The molecule has 1 saturated heterocycles. The van der Waals surface area contributed by atoms with Crippen LogP contribution in [0, 0.1) is 12.7 Å². The van der Waals surface area contributed by atoms with Crippen molar-refractivity contribution in [2.75, 3.05) is 39.3 Å². The number of benzene rings is 1. The quantitative estimate of drug-likeness (QED) is 0.787. The summed E-state index contributed by atoms with van der Waals surface area (Å²) in [5.74, 6) is -0.428. The maximum atomic E-state index is 14.0. The fourth-order valence-corrected chi connectivity index (χ4v) is 4.04. The van der Waals surface area contributed by atoms with Crippen molar-refractivity contribution in [3.8, 4) is 5.75 Å². The van der Waals surface area contributed by atoms with Crippen LogP contribution in [0.3, 0.4) is 0 Å². The van der Waals surface area contributed by atoms with Crippen molar-refractivity contribution in [3.63, 3.8) is 0 Å². The smallest absolute Gasteiger partial charge is 0.259 e. The van der Waals surface area contributed by atoms with E-state index in [1.54, 1.807) is 29.7 Å². The van der Waals surface area contributed by atoms with Crippen LogP contribution >= 0.6 is 0 Å². The minimum absolute atomic E-state index is 0.0563. The van der Waals surface area contributed by atoms with Gasteiger partial charge in [0.2, 0.25) is 0 Å². The van der Waals surface area contributed by atoms with Gasteiger partial charge < -0.3 is 14.8 Å². The highest BCUT2D eigenvalue weighted by Gasteiger charge is 2.31. The lowest BCUT2D eigenvalue weighted by atomic mass is 9.96. The number of aliphatic hydroxyl groups excluding tert-OH is 1. The molecule has 6 nitrogen and oxygen atoms in total. The molecule has 152 valence electrons. The highest BCUT2D eigenvalue weighted by atomic mass is 19.1. The number of aryl methyl sites for hydroxylation is 1. The molecule has 0 saturated carbocycles. The minimum Gasteiger partial charge on any atom is -0.507 e. The van der Waals surface area contributed by atoms with Crippen molar-refractivity contribution in [1.29, 1.82) is 0 Å². The molecule has 0 radical (unpaired) electrons. The van der Waals surface area contributed by atoms with Crippen molar-refractivity contribution in [2.24, 2.45) is 0 Å². The Morgan fingerprint density at radius 1 is 1.18 bits per heavy atom. The van der Waals surface area contributed by atoms with Gasteiger partial charge in [0.05, 0.1) is 18.2 Å². The number of hydrogen-bond donors (Lipinski definition) is 2. The molecule has 1 aliphatic heterocycles. The first-order valence-electron chi connectivity index (χ1n) is 9.72. The third-order valence-electron chi connectivity index (χ3n) is 5.47. The van der Waals surface area contributed by atoms with E-state index in [9.17, 15) is 14.3 Å². The van der Waals surface area contributed by atoms with Crippen molar-refractivity contribution in [2.45, 2.75) is 26.4 Å². The molecular weight excluding hydrogens is 361 g/mol. The second-order valence-corrected chi connectivity index (χ2v) is 7.19. The normalized spacial score (nSPS) is 17.0. The second kappa shape index (κ2) is 8.86. The van der Waals surface area contributed by atoms with Gasteiger partial charge in [-0.05, 0) is 37.6 Å². The van der Waals surface area contributed by atoms with E-state index < -0.39 is 6.04 Å². The Labute approximate surface area is 164 Å². The zero-order valence-corrected chi connectivity index (χ0v) is 16.4. The van der Waals surface area contributed by atoms with E-state index in [0.29, 0.717) is 37.4 Å². The molecule has 2 heterocycles. The van der Waals surface area contributed by atoms with E-state index in [4.69, 9.17) is 5.11 Å². The SMILES string of the molecule is CCn1c(C)cc(O)c([C@@H](c2cccc(F)c2)N2CCN(CCO)CC2)c1=O. The number of hydrogen-bond acceptors (Lipinski definition) is 5. The van der Waals surface area contributed by atoms with Gasteiger partial charge in [-0.15, -0.1) is 0 Å². The molecule has 0 aliphatic carbocycles. The maximum absolute atomic E-state index is 14.0. The maximum Gasteiger partial charge on any atom is 0.259 e. The van der Waals surface area contributed by atoms with E-state index >= 15 is 0 Å². The van der Waals surface area contributed by atoms with E-state index in [-0.39, 0.29) is 29.3 Å². The lowest BCUT2D eigenvalue weighted by Crippen LogP contribution is -2.49. The Morgan fingerprint density at radius 3 is 2.50 bits per heavy atom. The van der Waals surface area contributed by atoms with Crippen molar-refractivity contribution >= 4 is 0 Å². The average molecular weight is 389 g/mol. The van der Waals surface area contributed by atoms with Crippen LogP contribution in [-0.2, 0) is 6.54 Å². The Balaban J connectivity index is 2.07. The van der Waals surface area contributed by atoms with Gasteiger partial charge in [0.25, 0.3) is 5.56 Å². The topological polar surface area (TPSA) is 68.9 Å². The summed E-state index contributed by atoms with van der Waals surface area (Å²) in [5, 5.41) is 19.8. The Kier molecular flexibility index (Phi) is 6.49. The van der Waals surface area contributed by atoms with Gasteiger partial charge in [0, 0.05) is 45.0 Å². The first kappa shape index (κ1) is 20.5. The first-order valence-corrected chi connectivity index (χ1v) is 9.72.